The molecule has 1 fully saturated rings. The number of nitrogens with zero attached hydrogens (tertiary/aromatic N) is 4. The molecule has 5 rings (SSSR count). The molecule has 7 heteroatoms. The molecule has 0 saturated carbocycles. The van der Waals surface area contributed by atoms with Gasteiger partial charge in [-0.25, -0.2) is 4.39 Å². The lowest BCUT2D eigenvalue weighted by Crippen LogP contribution is -2.27. The number of fused-ring (bicyclic) bond motifs is 1. The normalized spacial score (nSPS) is 20.2. The molecule has 1 unspecified atom stereocenters. The zero-order chi connectivity index (χ0) is 22.8. The summed E-state index contributed by atoms with van der Waals surface area (Å²) >= 11 is 0. The first-order valence-corrected chi connectivity index (χ1v) is 11.1. The zero-order valence-corrected chi connectivity index (χ0v) is 18.2. The summed E-state index contributed by atoms with van der Waals surface area (Å²) in [6.07, 6.45) is 12.6. The van der Waals surface area contributed by atoms with E-state index in [4.69, 9.17) is 9.84 Å². The minimum atomic E-state index is -0.263. The maximum Gasteiger partial charge on any atom is 0.246 e. The fraction of sp³-hybridized carbons (Fsp3) is 0.269. The van der Waals surface area contributed by atoms with E-state index in [2.05, 4.69) is 17.6 Å². The molecule has 6 nitrogen and oxygen atoms in total. The summed E-state index contributed by atoms with van der Waals surface area (Å²) in [5.41, 5.74) is 2.52. The van der Waals surface area contributed by atoms with Crippen LogP contribution >= 0.6 is 0 Å². The van der Waals surface area contributed by atoms with Crippen LogP contribution in [0.2, 0.25) is 0 Å². The molecule has 0 bridgehead atoms. The summed E-state index contributed by atoms with van der Waals surface area (Å²) < 4.78 is 21.7. The largest absolute Gasteiger partial charge is 0.489 e. The van der Waals surface area contributed by atoms with E-state index in [1.807, 2.05) is 34.0 Å². The summed E-state index contributed by atoms with van der Waals surface area (Å²) in [5.74, 6) is 0.511. The molecule has 1 aliphatic heterocycles. The monoisotopic (exact) mass is 444 g/mol. The summed E-state index contributed by atoms with van der Waals surface area (Å²) in [4.78, 5) is 18.2. The summed E-state index contributed by atoms with van der Waals surface area (Å²) in [7, 11) is 0. The van der Waals surface area contributed by atoms with Crippen LogP contribution in [0.3, 0.4) is 0 Å². The number of hydrogen-bond donors (Lipinski definition) is 0. The van der Waals surface area contributed by atoms with E-state index in [1.54, 1.807) is 24.4 Å². The minimum Gasteiger partial charge on any atom is -0.489 e. The third kappa shape index (κ3) is 4.18. The molecule has 33 heavy (non-hydrogen) atoms. The van der Waals surface area contributed by atoms with E-state index in [9.17, 15) is 9.18 Å². The average Bonchev–Trinajstić information content (AvgIpc) is 3.49. The van der Waals surface area contributed by atoms with Gasteiger partial charge in [0, 0.05) is 42.4 Å². The van der Waals surface area contributed by atoms with Gasteiger partial charge in [0.1, 0.15) is 18.2 Å². The van der Waals surface area contributed by atoms with Gasteiger partial charge in [0.25, 0.3) is 0 Å². The van der Waals surface area contributed by atoms with E-state index in [1.165, 1.54) is 12.1 Å². The summed E-state index contributed by atoms with van der Waals surface area (Å²) in [5, 5.41) is 6.01. The summed E-state index contributed by atoms with van der Waals surface area (Å²) in [6.45, 7) is 5.11. The molecule has 0 N–H and O–H groups in total. The number of halogens is 1. The van der Waals surface area contributed by atoms with Crippen LogP contribution in [0.1, 0.15) is 36.1 Å². The van der Waals surface area contributed by atoms with Gasteiger partial charge in [-0.15, -0.1) is 0 Å². The highest BCUT2D eigenvalue weighted by molar-refractivity contribution is 5.87. The molecule has 0 spiro atoms. The van der Waals surface area contributed by atoms with E-state index in [-0.39, 0.29) is 30.3 Å². The van der Waals surface area contributed by atoms with E-state index in [0.29, 0.717) is 18.7 Å². The first kappa shape index (κ1) is 21.1. The van der Waals surface area contributed by atoms with Crippen LogP contribution in [0.4, 0.5) is 4.39 Å². The average molecular weight is 445 g/mol. The van der Waals surface area contributed by atoms with Crippen LogP contribution in [-0.2, 0) is 16.1 Å². The third-order valence-corrected chi connectivity index (χ3v) is 6.30. The van der Waals surface area contributed by atoms with Crippen LogP contribution in [0.15, 0.2) is 79.4 Å². The zero-order valence-electron chi connectivity index (χ0n) is 18.2. The minimum absolute atomic E-state index is 0.0425. The fourth-order valence-electron chi connectivity index (χ4n) is 4.52. The van der Waals surface area contributed by atoms with Crippen molar-refractivity contribution in [2.45, 2.75) is 31.4 Å². The van der Waals surface area contributed by atoms with Crippen LogP contribution in [0.25, 0.3) is 10.9 Å². The lowest BCUT2D eigenvalue weighted by atomic mass is 9.95. The molecule has 3 heterocycles. The Labute approximate surface area is 191 Å². The number of benzene rings is 1. The van der Waals surface area contributed by atoms with Gasteiger partial charge in [0.05, 0.1) is 17.3 Å². The standard InChI is InChI=1S/C26H25FN4O2/c1-2-25(32)30-14-12-20(16-30)31-24-11-13-28-15-22(24)26(29-31)18-7-9-21(10-8-18)33-17-19-5-3-4-6-23(19)27/h2-7,9-11,13,15,18,20H,1,8,12,14,16-17H2/t18?,20-/m1/s1. The number of rotatable bonds is 6. The van der Waals surface area contributed by atoms with Crippen molar-refractivity contribution in [3.63, 3.8) is 0 Å². The van der Waals surface area contributed by atoms with E-state index in [0.717, 1.165) is 35.2 Å². The Morgan fingerprint density at radius 1 is 1.30 bits per heavy atom. The highest BCUT2D eigenvalue weighted by Crippen LogP contribution is 2.34. The summed E-state index contributed by atoms with van der Waals surface area (Å²) in [6, 6.07) is 8.73. The molecule has 0 radical (unpaired) electrons. The Morgan fingerprint density at radius 2 is 2.18 bits per heavy atom. The topological polar surface area (TPSA) is 60.2 Å². The van der Waals surface area contributed by atoms with Crippen molar-refractivity contribution in [2.24, 2.45) is 0 Å². The van der Waals surface area contributed by atoms with Crippen molar-refractivity contribution in [1.29, 1.82) is 0 Å². The molecule has 2 aromatic heterocycles. The van der Waals surface area contributed by atoms with Crippen LogP contribution in [0, 0.1) is 5.82 Å². The Hall–Kier alpha value is -3.74. The van der Waals surface area contributed by atoms with Gasteiger partial charge in [-0.05, 0) is 43.2 Å². The highest BCUT2D eigenvalue weighted by Gasteiger charge is 2.29. The predicted molar refractivity (Wildman–Crippen MR) is 124 cm³/mol. The Morgan fingerprint density at radius 3 is 2.97 bits per heavy atom. The smallest absolute Gasteiger partial charge is 0.246 e. The van der Waals surface area contributed by atoms with Gasteiger partial charge in [0.2, 0.25) is 5.91 Å². The molecular formula is C26H25FN4O2. The van der Waals surface area contributed by atoms with Gasteiger partial charge < -0.3 is 9.64 Å². The fourth-order valence-corrected chi connectivity index (χ4v) is 4.52. The van der Waals surface area contributed by atoms with Crippen LogP contribution in [0.5, 0.6) is 0 Å². The second-order valence-corrected chi connectivity index (χ2v) is 8.34. The van der Waals surface area contributed by atoms with Gasteiger partial charge in [0.15, 0.2) is 0 Å². The molecule has 168 valence electrons. The van der Waals surface area contributed by atoms with Gasteiger partial charge in [-0.3, -0.25) is 14.5 Å². The number of hydrogen-bond acceptors (Lipinski definition) is 4. The van der Waals surface area contributed by atoms with Gasteiger partial charge >= 0.3 is 0 Å². The molecule has 3 aromatic rings. The maximum atomic E-state index is 13.8. The van der Waals surface area contributed by atoms with Crippen molar-refractivity contribution in [2.75, 3.05) is 13.1 Å². The molecule has 1 aromatic carbocycles. The van der Waals surface area contributed by atoms with Crippen molar-refractivity contribution in [1.82, 2.24) is 19.7 Å². The molecular weight excluding hydrogens is 419 g/mol. The van der Waals surface area contributed by atoms with E-state index < -0.39 is 0 Å². The van der Waals surface area contributed by atoms with Crippen molar-refractivity contribution >= 4 is 16.8 Å². The third-order valence-electron chi connectivity index (χ3n) is 6.30. The number of allylic oxidation sites excluding steroid dienone is 3. The lowest BCUT2D eigenvalue weighted by molar-refractivity contribution is -0.125. The number of carbonyl (C=O) groups is 1. The molecule has 2 aliphatic rings. The van der Waals surface area contributed by atoms with Crippen LogP contribution < -0.4 is 0 Å². The number of carbonyl (C=O) groups excluding carboxylic acids is 1. The predicted octanol–water partition coefficient (Wildman–Crippen LogP) is 4.67. The SMILES string of the molecule is C=CC(=O)N1CC[C@@H](n2nc(C3C=CC(OCc4ccccc4F)=CC3)c3cnccc32)C1. The Balaban J connectivity index is 1.33. The van der Waals surface area contributed by atoms with Crippen molar-refractivity contribution in [3.8, 4) is 0 Å². The first-order valence-electron chi connectivity index (χ1n) is 11.1. The molecule has 1 saturated heterocycles. The number of amides is 1. The van der Waals surface area contributed by atoms with Gasteiger partial charge in [-0.1, -0.05) is 30.9 Å². The Kier molecular flexibility index (Phi) is 5.77. The van der Waals surface area contributed by atoms with Crippen molar-refractivity contribution < 1.29 is 13.9 Å². The van der Waals surface area contributed by atoms with Gasteiger partial charge in [-0.2, -0.15) is 5.10 Å². The first-order chi connectivity index (χ1) is 16.1. The second-order valence-electron chi connectivity index (χ2n) is 8.34. The quantitative estimate of drug-likeness (QED) is 0.518. The molecule has 2 atom stereocenters. The highest BCUT2D eigenvalue weighted by atomic mass is 19.1. The number of likely N-dealkylation sites (tertiary alicyclic amines) is 1. The lowest BCUT2D eigenvalue weighted by Gasteiger charge is -2.16. The Bertz CT molecular complexity index is 1260. The number of ether oxygens (including phenoxy) is 1. The molecule has 1 amide bonds. The maximum absolute atomic E-state index is 13.8. The van der Waals surface area contributed by atoms with E-state index >= 15 is 0 Å². The molecule has 1 aliphatic carbocycles. The van der Waals surface area contributed by atoms with Crippen LogP contribution in [-0.4, -0.2) is 38.7 Å². The number of pyridine rings is 1. The number of aromatic nitrogens is 3. The van der Waals surface area contributed by atoms with Crippen molar-refractivity contribution in [3.05, 3.63) is 96.4 Å². The second kappa shape index (κ2) is 9.02.